The van der Waals surface area contributed by atoms with Crippen molar-refractivity contribution in [3.05, 3.63) is 39.4 Å². The van der Waals surface area contributed by atoms with E-state index in [-0.39, 0.29) is 27.7 Å². The molecule has 0 N–H and O–H groups in total. The summed E-state index contributed by atoms with van der Waals surface area (Å²) in [7, 11) is 0. The van der Waals surface area contributed by atoms with E-state index in [0.29, 0.717) is 0 Å². The van der Waals surface area contributed by atoms with Gasteiger partial charge in [-0.05, 0) is 0 Å². The van der Waals surface area contributed by atoms with Crippen LogP contribution in [0.25, 0.3) is 0 Å². The first-order valence-corrected chi connectivity index (χ1v) is 10.4. The minimum Gasteiger partial charge on any atom is 2.00 e. The fraction of sp³-hybridized carbons (Fsp3) is 0. The van der Waals surface area contributed by atoms with Gasteiger partial charge in [-0.25, -0.2) is 0 Å². The Bertz CT molecular complexity index is 112. The molecule has 9 heteroatoms. The van der Waals surface area contributed by atoms with Crippen molar-refractivity contribution in [3.8, 4) is 0 Å². The molecule has 0 spiro atoms. The van der Waals surface area contributed by atoms with Gasteiger partial charge in [0.15, 0.2) is 0 Å². The first kappa shape index (κ1) is 63.5. The van der Waals surface area contributed by atoms with Crippen LogP contribution in [0.5, 0.6) is 0 Å². The normalized spacial score (nSPS) is 1.27. The largest absolute Gasteiger partial charge is 2.00 e. The minimum atomic E-state index is 0. The topological polar surface area (TPSA) is 143 Å². The SMILES string of the molecule is [C-]#N.[C-]#N.[C-]#N.[C-]#N.[C-]#N.[C-]#N.[Fe]=[Hg].[Hg+2]. The summed E-state index contributed by atoms with van der Waals surface area (Å²) in [6, 6.07) is 0. The molecule has 0 aromatic carbocycles. The average Bonchev–Trinajstić information content (AvgIpc) is 2.45. The van der Waals surface area contributed by atoms with Crippen LogP contribution in [0.3, 0.4) is 0 Å². The smallest absolute Gasteiger partial charge is 2.00 e. The molecule has 70 valence electrons. The molecule has 0 saturated heterocycles. The van der Waals surface area contributed by atoms with Gasteiger partial charge >= 0.3 is 62.1 Å². The summed E-state index contributed by atoms with van der Waals surface area (Å²) in [5.74, 6) is 0. The van der Waals surface area contributed by atoms with E-state index in [1.54, 1.807) is 0 Å². The third-order valence-electron chi connectivity index (χ3n) is 0. The van der Waals surface area contributed by atoms with Gasteiger partial charge in [0.2, 0.25) is 0 Å². The summed E-state index contributed by atoms with van der Waals surface area (Å²) in [4.78, 5) is 0. The van der Waals surface area contributed by atoms with Crippen molar-refractivity contribution in [2.24, 2.45) is 0 Å². The standard InChI is InChI=1S/6CN.Fe.2Hg/c6*1-2;;;/q6*-1;;;+2. The van der Waals surface area contributed by atoms with Crippen LogP contribution >= 0.6 is 0 Å². The van der Waals surface area contributed by atoms with Crippen LogP contribution in [0, 0.1) is 71.0 Å². The van der Waals surface area contributed by atoms with Gasteiger partial charge in [-0.2, -0.15) is 0 Å². The predicted octanol–water partition coefficient (Wildman–Crippen LogP) is 0.571. The number of hydrogen-bond acceptors (Lipinski definition) is 6. The second-order valence-electron chi connectivity index (χ2n) is 0. The van der Waals surface area contributed by atoms with Gasteiger partial charge in [0.1, 0.15) is 0 Å². The molecular weight excluding hydrogens is 613 g/mol. The Labute approximate surface area is 132 Å². The van der Waals surface area contributed by atoms with Gasteiger partial charge in [-0.3, -0.25) is 0 Å². The second-order valence-corrected chi connectivity index (χ2v) is 0. The van der Waals surface area contributed by atoms with Gasteiger partial charge in [0, 0.05) is 0 Å². The number of rotatable bonds is 0. The zero-order chi connectivity index (χ0) is 14.0. The summed E-state index contributed by atoms with van der Waals surface area (Å²) < 4.78 is 0. The predicted molar refractivity (Wildman–Crippen MR) is 29.8 cm³/mol. The molecule has 0 aliphatic rings. The van der Waals surface area contributed by atoms with Crippen molar-refractivity contribution in [2.45, 2.75) is 0 Å². The van der Waals surface area contributed by atoms with E-state index in [1.807, 2.05) is 0 Å². The summed E-state index contributed by atoms with van der Waals surface area (Å²) in [5.41, 5.74) is 0. The molecule has 0 rings (SSSR count). The molecule has 15 heavy (non-hydrogen) atoms. The molecule has 0 aromatic heterocycles. The Morgan fingerprint density at radius 3 is 0.467 bits per heavy atom. The van der Waals surface area contributed by atoms with Crippen molar-refractivity contribution >= 4 is 0 Å². The molecule has 0 aliphatic carbocycles. The van der Waals surface area contributed by atoms with Crippen molar-refractivity contribution in [3.63, 3.8) is 0 Å². The third-order valence-corrected chi connectivity index (χ3v) is 0. The van der Waals surface area contributed by atoms with Crippen LogP contribution in [-0.2, 0) is 62.1 Å². The average molecular weight is 613 g/mol. The molecule has 0 atom stereocenters. The Kier molecular flexibility index (Phi) is 19100. The molecule has 0 aromatic rings. The Morgan fingerprint density at radius 1 is 0.467 bits per heavy atom. The Balaban J connectivity index is -0.00000000628. The maximum atomic E-state index is 6.25. The monoisotopic (exact) mass is 616 g/mol. The molecule has 0 unspecified atom stereocenters. The quantitative estimate of drug-likeness (QED) is 0.289. The summed E-state index contributed by atoms with van der Waals surface area (Å²) >= 11 is 4.22. The zero-order valence-corrected chi connectivity index (χ0v) is 19.6. The van der Waals surface area contributed by atoms with Crippen LogP contribution in [0.1, 0.15) is 0 Å². The van der Waals surface area contributed by atoms with Gasteiger partial charge in [-0.1, -0.05) is 0 Å². The Hall–Kier alpha value is -0.670. The van der Waals surface area contributed by atoms with E-state index in [4.69, 9.17) is 71.0 Å². The van der Waals surface area contributed by atoms with Gasteiger partial charge in [0.25, 0.3) is 0 Å². The molecule has 6 nitrogen and oxygen atoms in total. The van der Waals surface area contributed by atoms with E-state index in [0.717, 1.165) is 23.1 Å². The van der Waals surface area contributed by atoms with Crippen LogP contribution in [0.4, 0.5) is 0 Å². The summed E-state index contributed by atoms with van der Waals surface area (Å²) in [6.45, 7) is 28.5. The molecule has 0 fully saturated rings. The van der Waals surface area contributed by atoms with Crippen molar-refractivity contribution < 1.29 is 62.1 Å². The van der Waals surface area contributed by atoms with E-state index in [9.17, 15) is 0 Å². The van der Waals surface area contributed by atoms with Crippen LogP contribution in [0.15, 0.2) is 0 Å². The molecule has 0 radical (unpaired) electrons. The molecule has 0 saturated carbocycles. The first-order chi connectivity index (χ1) is 7.00. The Morgan fingerprint density at radius 2 is 0.467 bits per heavy atom. The second kappa shape index (κ2) is 4510. The van der Waals surface area contributed by atoms with Crippen molar-refractivity contribution in [1.82, 2.24) is 0 Å². The summed E-state index contributed by atoms with van der Waals surface area (Å²) in [5, 5.41) is 37.5. The van der Waals surface area contributed by atoms with Crippen molar-refractivity contribution in [2.75, 3.05) is 0 Å². The first-order valence-electron chi connectivity index (χ1n) is 1.59. The zero-order valence-electron chi connectivity index (χ0n) is 7.45. The maximum Gasteiger partial charge on any atom is 2.00 e. The fourth-order valence-electron chi connectivity index (χ4n) is 0. The van der Waals surface area contributed by atoms with Crippen LogP contribution in [0.2, 0.25) is 0 Å². The number of hydrogen-bond donors (Lipinski definition) is 0. The molecule has 0 amide bonds. The molecular formula is C6FeHg2N6-4. The van der Waals surface area contributed by atoms with Crippen molar-refractivity contribution in [1.29, 1.82) is 31.6 Å². The van der Waals surface area contributed by atoms with Gasteiger partial charge in [0.05, 0.1) is 0 Å². The number of nitrogens with zero attached hydrogens (tertiary/aromatic N) is 6. The van der Waals surface area contributed by atoms with E-state index < -0.39 is 0 Å². The maximum absolute atomic E-state index is 6.25. The van der Waals surface area contributed by atoms with E-state index in [2.05, 4.69) is 11.4 Å². The van der Waals surface area contributed by atoms with Crippen LogP contribution < -0.4 is 0 Å². The van der Waals surface area contributed by atoms with Crippen LogP contribution in [-0.4, -0.2) is 0 Å². The molecule has 0 aliphatic heterocycles. The van der Waals surface area contributed by atoms with E-state index >= 15 is 0 Å². The third kappa shape index (κ3) is 3810. The fourth-order valence-corrected chi connectivity index (χ4v) is 0. The molecule has 0 heterocycles. The van der Waals surface area contributed by atoms with Gasteiger partial charge in [-0.15, -0.1) is 0 Å². The van der Waals surface area contributed by atoms with E-state index in [1.165, 1.54) is 0 Å². The minimum absolute atomic E-state index is 0. The van der Waals surface area contributed by atoms with Gasteiger partial charge < -0.3 is 71.0 Å². The summed E-state index contributed by atoms with van der Waals surface area (Å²) in [6.07, 6.45) is 0. The molecule has 0 bridgehead atoms.